The molecule has 3 amide bonds. The number of amides is 3. The van der Waals surface area contributed by atoms with Gasteiger partial charge in [-0.25, -0.2) is 4.79 Å². The van der Waals surface area contributed by atoms with Crippen molar-refractivity contribution >= 4 is 23.5 Å². The van der Waals surface area contributed by atoms with Crippen LogP contribution in [0.1, 0.15) is 58.9 Å². The number of nitrogens with one attached hydrogen (secondary N) is 2. The summed E-state index contributed by atoms with van der Waals surface area (Å²) in [5.41, 5.74) is -1.80. The minimum Gasteiger partial charge on any atom is -0.389 e. The molecule has 7 nitrogen and oxygen atoms in total. The molecule has 1 aromatic carbocycles. The van der Waals surface area contributed by atoms with Crippen LogP contribution in [0, 0.1) is 11.3 Å². The molecule has 0 spiro atoms. The maximum absolute atomic E-state index is 13.4. The molecule has 1 saturated heterocycles. The fraction of sp³-hybridized carbons (Fsp3) is 0.667. The van der Waals surface area contributed by atoms with Gasteiger partial charge < -0.3 is 25.7 Å². The summed E-state index contributed by atoms with van der Waals surface area (Å²) in [7, 11) is 0. The first-order valence-corrected chi connectivity index (χ1v) is 11.7. The highest BCUT2D eigenvalue weighted by atomic mass is 35.5. The number of urea groups is 1. The molecule has 178 valence electrons. The lowest BCUT2D eigenvalue weighted by Crippen LogP contribution is -2.58. The Balaban J connectivity index is 1.65. The monoisotopic (exact) mass is 465 g/mol. The number of piperidine rings is 1. The Morgan fingerprint density at radius 1 is 1.22 bits per heavy atom. The predicted octanol–water partition coefficient (Wildman–Crippen LogP) is 3.02. The van der Waals surface area contributed by atoms with E-state index in [-0.39, 0.29) is 30.4 Å². The molecule has 32 heavy (non-hydrogen) atoms. The molecule has 2 unspecified atom stereocenters. The van der Waals surface area contributed by atoms with E-state index in [0.29, 0.717) is 24.5 Å². The molecule has 2 aliphatic rings. The fourth-order valence-corrected chi connectivity index (χ4v) is 5.08. The van der Waals surface area contributed by atoms with Gasteiger partial charge in [-0.15, -0.1) is 0 Å². The summed E-state index contributed by atoms with van der Waals surface area (Å²) in [6.07, 6.45) is 2.79. The first-order chi connectivity index (χ1) is 14.8. The molecule has 2 fully saturated rings. The molecule has 1 aliphatic carbocycles. The smallest absolute Gasteiger partial charge is 0.315 e. The second kappa shape index (κ2) is 9.20. The van der Waals surface area contributed by atoms with Gasteiger partial charge in [0.25, 0.3) is 0 Å². The van der Waals surface area contributed by atoms with Crippen LogP contribution in [0.4, 0.5) is 4.79 Å². The molecule has 4 N–H and O–H groups in total. The summed E-state index contributed by atoms with van der Waals surface area (Å²) in [6, 6.07) is 6.66. The van der Waals surface area contributed by atoms with Crippen molar-refractivity contribution in [1.29, 1.82) is 0 Å². The number of halogens is 1. The average molecular weight is 466 g/mol. The van der Waals surface area contributed by atoms with Crippen LogP contribution in [0.2, 0.25) is 5.02 Å². The second-order valence-corrected chi connectivity index (χ2v) is 11.0. The number of carbonyl (C=O) groups excluding carboxylic acids is 2. The third-order valence-corrected chi connectivity index (χ3v) is 7.17. The normalized spacial score (nSPS) is 27.8. The lowest BCUT2D eigenvalue weighted by atomic mass is 9.66. The van der Waals surface area contributed by atoms with Gasteiger partial charge in [0, 0.05) is 36.1 Å². The van der Waals surface area contributed by atoms with Crippen molar-refractivity contribution < 1.29 is 19.8 Å². The Labute approximate surface area is 195 Å². The van der Waals surface area contributed by atoms with E-state index < -0.39 is 16.6 Å². The molecule has 1 aromatic rings. The number of hydrogen-bond acceptors (Lipinski definition) is 4. The van der Waals surface area contributed by atoms with Crippen molar-refractivity contribution in [1.82, 2.24) is 15.5 Å². The fourth-order valence-electron chi connectivity index (χ4n) is 4.95. The molecule has 0 bridgehead atoms. The van der Waals surface area contributed by atoms with Gasteiger partial charge >= 0.3 is 6.03 Å². The SMILES string of the molecule is CC(C)(O)CNC(=O)NC1CCCC1C(=O)N1CC[C@](O)(c2ccc(Cl)cc2)C(C)(C)C1. The number of benzene rings is 1. The van der Waals surface area contributed by atoms with Gasteiger partial charge in [0.15, 0.2) is 0 Å². The van der Waals surface area contributed by atoms with Gasteiger partial charge in [-0.2, -0.15) is 0 Å². The molecule has 1 heterocycles. The molecular weight excluding hydrogens is 430 g/mol. The van der Waals surface area contributed by atoms with Gasteiger partial charge in [0.1, 0.15) is 0 Å². The summed E-state index contributed by atoms with van der Waals surface area (Å²) >= 11 is 6.01. The number of rotatable bonds is 5. The number of hydrogen-bond donors (Lipinski definition) is 4. The molecule has 1 aliphatic heterocycles. The number of nitrogens with zero attached hydrogens (tertiary/aromatic N) is 1. The molecule has 1 saturated carbocycles. The molecule has 0 aromatic heterocycles. The van der Waals surface area contributed by atoms with Gasteiger partial charge in [-0.05, 0) is 50.8 Å². The predicted molar refractivity (Wildman–Crippen MR) is 124 cm³/mol. The molecule has 3 atom stereocenters. The molecular formula is C24H36ClN3O4. The van der Waals surface area contributed by atoms with Crippen LogP contribution in [0.25, 0.3) is 0 Å². The number of likely N-dealkylation sites (tertiary alicyclic amines) is 1. The quantitative estimate of drug-likeness (QED) is 0.536. The summed E-state index contributed by atoms with van der Waals surface area (Å²) in [5.74, 6) is -0.248. The Bertz CT molecular complexity index is 837. The van der Waals surface area contributed by atoms with Crippen molar-refractivity contribution in [3.8, 4) is 0 Å². The van der Waals surface area contributed by atoms with E-state index in [0.717, 1.165) is 24.8 Å². The van der Waals surface area contributed by atoms with E-state index in [2.05, 4.69) is 10.6 Å². The van der Waals surface area contributed by atoms with E-state index in [9.17, 15) is 19.8 Å². The highest BCUT2D eigenvalue weighted by Crippen LogP contribution is 2.46. The first-order valence-electron chi connectivity index (χ1n) is 11.4. The van der Waals surface area contributed by atoms with Crippen molar-refractivity contribution in [2.75, 3.05) is 19.6 Å². The summed E-state index contributed by atoms with van der Waals surface area (Å²) < 4.78 is 0. The summed E-state index contributed by atoms with van der Waals surface area (Å²) in [4.78, 5) is 27.5. The topological polar surface area (TPSA) is 102 Å². The lowest BCUT2D eigenvalue weighted by molar-refractivity contribution is -0.156. The van der Waals surface area contributed by atoms with E-state index in [1.165, 1.54) is 0 Å². The van der Waals surface area contributed by atoms with Crippen LogP contribution < -0.4 is 10.6 Å². The van der Waals surface area contributed by atoms with Crippen molar-refractivity contribution in [2.45, 2.75) is 70.6 Å². The summed E-state index contributed by atoms with van der Waals surface area (Å²) in [5, 5.41) is 27.6. The van der Waals surface area contributed by atoms with Gasteiger partial charge in [0.05, 0.1) is 17.1 Å². The van der Waals surface area contributed by atoms with Crippen molar-refractivity contribution in [2.24, 2.45) is 11.3 Å². The number of carbonyl (C=O) groups is 2. The zero-order chi connectivity index (χ0) is 23.7. The van der Waals surface area contributed by atoms with E-state index >= 15 is 0 Å². The van der Waals surface area contributed by atoms with E-state index in [1.807, 2.05) is 30.9 Å². The van der Waals surface area contributed by atoms with E-state index in [4.69, 9.17) is 11.6 Å². The largest absolute Gasteiger partial charge is 0.389 e. The van der Waals surface area contributed by atoms with Crippen LogP contribution in [0.15, 0.2) is 24.3 Å². The van der Waals surface area contributed by atoms with Gasteiger partial charge in [-0.3, -0.25) is 4.79 Å². The highest BCUT2D eigenvalue weighted by Gasteiger charge is 2.50. The molecule has 3 rings (SSSR count). The minimum absolute atomic E-state index is 0.0292. The maximum Gasteiger partial charge on any atom is 0.315 e. The Morgan fingerprint density at radius 3 is 2.47 bits per heavy atom. The Morgan fingerprint density at radius 2 is 1.88 bits per heavy atom. The van der Waals surface area contributed by atoms with Crippen molar-refractivity contribution in [3.05, 3.63) is 34.9 Å². The Hall–Kier alpha value is -1.83. The van der Waals surface area contributed by atoms with Crippen LogP contribution in [0.3, 0.4) is 0 Å². The molecule has 8 heteroatoms. The van der Waals surface area contributed by atoms with Crippen LogP contribution >= 0.6 is 11.6 Å². The third kappa shape index (κ3) is 5.38. The van der Waals surface area contributed by atoms with Crippen LogP contribution in [-0.4, -0.2) is 58.3 Å². The van der Waals surface area contributed by atoms with Crippen LogP contribution in [-0.2, 0) is 10.4 Å². The average Bonchev–Trinajstić information content (AvgIpc) is 3.16. The van der Waals surface area contributed by atoms with Crippen LogP contribution in [0.5, 0.6) is 0 Å². The molecule has 0 radical (unpaired) electrons. The van der Waals surface area contributed by atoms with Gasteiger partial charge in [0.2, 0.25) is 5.91 Å². The second-order valence-electron chi connectivity index (χ2n) is 10.5. The lowest BCUT2D eigenvalue weighted by Gasteiger charge is -2.51. The van der Waals surface area contributed by atoms with E-state index in [1.54, 1.807) is 26.0 Å². The zero-order valence-electron chi connectivity index (χ0n) is 19.4. The standard InChI is InChI=1S/C24H36ClN3O4/c1-22(2)15-28(13-12-24(22,32)16-8-10-17(25)11-9-16)20(29)18-6-5-7-19(18)27-21(30)26-14-23(3,4)31/h8-11,18-19,31-32H,5-7,12-15H2,1-4H3,(H2,26,27,30)/t18?,19?,24-/m0/s1. The Kier molecular flexibility index (Phi) is 7.13. The summed E-state index contributed by atoms with van der Waals surface area (Å²) in [6.45, 7) is 8.23. The maximum atomic E-state index is 13.4. The minimum atomic E-state index is -1.06. The zero-order valence-corrected chi connectivity index (χ0v) is 20.2. The number of aliphatic hydroxyl groups is 2. The third-order valence-electron chi connectivity index (χ3n) is 6.91. The van der Waals surface area contributed by atoms with Crippen molar-refractivity contribution in [3.63, 3.8) is 0 Å². The first kappa shape index (κ1) is 24.8. The van der Waals surface area contributed by atoms with Gasteiger partial charge in [-0.1, -0.05) is 44.0 Å². The highest BCUT2D eigenvalue weighted by molar-refractivity contribution is 6.30.